The molecule has 1 aliphatic carbocycles. The molecular weight excluding hydrogens is 358 g/mol. The normalized spacial score (nSPS) is 24.3. The molecule has 28 heavy (non-hydrogen) atoms. The fourth-order valence-electron chi connectivity index (χ4n) is 3.77. The molecule has 7 nitrogen and oxygen atoms in total. The molecule has 0 aliphatic heterocycles. The van der Waals surface area contributed by atoms with Gasteiger partial charge in [-0.1, -0.05) is 18.2 Å². The van der Waals surface area contributed by atoms with Gasteiger partial charge in [0.2, 0.25) is 0 Å². The summed E-state index contributed by atoms with van der Waals surface area (Å²) >= 11 is 0. The maximum absolute atomic E-state index is 12.8. The van der Waals surface area contributed by atoms with Crippen LogP contribution in [-0.4, -0.2) is 70.5 Å². The zero-order valence-corrected chi connectivity index (χ0v) is 16.2. The first kappa shape index (κ1) is 20.3. The Morgan fingerprint density at radius 2 is 2.04 bits per heavy atom. The summed E-state index contributed by atoms with van der Waals surface area (Å²) in [4.78, 5) is 18.8. The number of nitrogens with zero attached hydrogens (tertiary/aromatic N) is 2. The van der Waals surface area contributed by atoms with E-state index in [1.54, 1.807) is 25.3 Å². The quantitative estimate of drug-likeness (QED) is 0.658. The monoisotopic (exact) mass is 385 g/mol. The van der Waals surface area contributed by atoms with Crippen LogP contribution in [0, 0.1) is 6.92 Å². The Kier molecular flexibility index (Phi) is 6.61. The van der Waals surface area contributed by atoms with Crippen molar-refractivity contribution in [2.24, 2.45) is 0 Å². The number of benzene rings is 1. The van der Waals surface area contributed by atoms with Crippen LogP contribution in [0.25, 0.3) is 0 Å². The Morgan fingerprint density at radius 1 is 1.29 bits per heavy atom. The van der Waals surface area contributed by atoms with Gasteiger partial charge in [0.25, 0.3) is 5.91 Å². The number of carbonyl (C=O) groups excluding carboxylic acids is 1. The van der Waals surface area contributed by atoms with Crippen molar-refractivity contribution in [3.8, 4) is 5.75 Å². The first-order chi connectivity index (χ1) is 13.5. The van der Waals surface area contributed by atoms with Crippen LogP contribution in [-0.2, 0) is 0 Å². The lowest BCUT2D eigenvalue weighted by molar-refractivity contribution is 0.0110. The van der Waals surface area contributed by atoms with Gasteiger partial charge < -0.3 is 20.3 Å². The number of ether oxygens (including phenoxy) is 1. The summed E-state index contributed by atoms with van der Waals surface area (Å²) in [6, 6.07) is 12.1. The molecule has 0 radical (unpaired) electrons. The van der Waals surface area contributed by atoms with Crippen LogP contribution in [0.1, 0.15) is 22.5 Å². The number of hydrogen-bond acceptors (Lipinski definition) is 6. The van der Waals surface area contributed by atoms with E-state index in [9.17, 15) is 15.0 Å². The molecule has 4 atom stereocenters. The van der Waals surface area contributed by atoms with Crippen molar-refractivity contribution in [3.63, 3.8) is 0 Å². The Bertz CT molecular complexity index is 786. The van der Waals surface area contributed by atoms with E-state index < -0.39 is 12.2 Å². The van der Waals surface area contributed by atoms with Crippen molar-refractivity contribution in [1.29, 1.82) is 0 Å². The molecule has 1 aliphatic rings. The molecule has 0 bridgehead atoms. The third kappa shape index (κ3) is 4.49. The zero-order chi connectivity index (χ0) is 20.1. The summed E-state index contributed by atoms with van der Waals surface area (Å²) in [6.07, 6.45) is 0.833. The molecule has 1 aromatic heterocycles. The van der Waals surface area contributed by atoms with Gasteiger partial charge in [0.1, 0.15) is 18.0 Å². The van der Waals surface area contributed by atoms with Gasteiger partial charge in [-0.25, -0.2) is 0 Å². The average molecular weight is 385 g/mol. The summed E-state index contributed by atoms with van der Waals surface area (Å²) in [6.45, 7) is 2.14. The topological polar surface area (TPSA) is 94.9 Å². The summed E-state index contributed by atoms with van der Waals surface area (Å²) < 4.78 is 5.98. The summed E-state index contributed by atoms with van der Waals surface area (Å²) in [5, 5.41) is 23.2. The highest BCUT2D eigenvalue weighted by Gasteiger charge is 2.46. The first-order valence-electron chi connectivity index (χ1n) is 9.44. The van der Waals surface area contributed by atoms with Crippen LogP contribution in [0.4, 0.5) is 0 Å². The Labute approximate surface area is 165 Å². The van der Waals surface area contributed by atoms with E-state index in [0.717, 1.165) is 0 Å². The number of rotatable bonds is 7. The lowest BCUT2D eigenvalue weighted by Crippen LogP contribution is -2.52. The standard InChI is InChI=1S/C21H27N3O4/c1-14-16(9-6-10-22-14)21(27)23-17-13-18(28-15-7-4-3-5-8-15)20(26)19(17)24(2)11-12-25/h3-10,17-20,25-26H,11-13H2,1-2H3,(H,23,27)/t17-,18-,19+,20+/m1/s1. The van der Waals surface area contributed by atoms with Crippen molar-refractivity contribution < 1.29 is 19.7 Å². The number of hydrogen-bond donors (Lipinski definition) is 3. The number of likely N-dealkylation sites (N-methyl/N-ethyl adjacent to an activating group) is 1. The van der Waals surface area contributed by atoms with Crippen LogP contribution in [0.15, 0.2) is 48.7 Å². The first-order valence-corrected chi connectivity index (χ1v) is 9.44. The third-order valence-electron chi connectivity index (χ3n) is 5.19. The summed E-state index contributed by atoms with van der Waals surface area (Å²) in [5.74, 6) is 0.441. The Morgan fingerprint density at radius 3 is 2.71 bits per heavy atom. The summed E-state index contributed by atoms with van der Waals surface area (Å²) in [5.41, 5.74) is 1.16. The summed E-state index contributed by atoms with van der Waals surface area (Å²) in [7, 11) is 1.82. The van der Waals surface area contributed by atoms with E-state index in [1.165, 1.54) is 0 Å². The van der Waals surface area contributed by atoms with E-state index in [-0.39, 0.29) is 24.6 Å². The van der Waals surface area contributed by atoms with Crippen molar-refractivity contribution in [2.75, 3.05) is 20.2 Å². The van der Waals surface area contributed by atoms with Crippen LogP contribution >= 0.6 is 0 Å². The second-order valence-corrected chi connectivity index (χ2v) is 7.11. The van der Waals surface area contributed by atoms with E-state index in [2.05, 4.69) is 10.3 Å². The van der Waals surface area contributed by atoms with Gasteiger partial charge in [0, 0.05) is 24.9 Å². The highest BCUT2D eigenvalue weighted by Crippen LogP contribution is 2.29. The number of nitrogens with one attached hydrogen (secondary N) is 1. The number of aryl methyl sites for hydroxylation is 1. The zero-order valence-electron chi connectivity index (χ0n) is 16.2. The van der Waals surface area contributed by atoms with Crippen molar-refractivity contribution in [3.05, 3.63) is 59.9 Å². The Balaban J connectivity index is 1.78. The van der Waals surface area contributed by atoms with Gasteiger partial charge in [0.05, 0.1) is 24.3 Å². The van der Waals surface area contributed by atoms with Crippen molar-refractivity contribution in [2.45, 2.75) is 37.6 Å². The Hall–Kier alpha value is -2.48. The maximum atomic E-state index is 12.8. The maximum Gasteiger partial charge on any atom is 0.253 e. The van der Waals surface area contributed by atoms with Crippen molar-refractivity contribution in [1.82, 2.24) is 15.2 Å². The second-order valence-electron chi connectivity index (χ2n) is 7.11. The molecule has 0 saturated heterocycles. The largest absolute Gasteiger partial charge is 0.488 e. The number of carbonyl (C=O) groups is 1. The van der Waals surface area contributed by atoms with Crippen LogP contribution < -0.4 is 10.1 Å². The molecule has 1 amide bonds. The molecular formula is C21H27N3O4. The van der Waals surface area contributed by atoms with Gasteiger partial charge in [-0.2, -0.15) is 0 Å². The lowest BCUT2D eigenvalue weighted by Gasteiger charge is -2.31. The van der Waals surface area contributed by atoms with Gasteiger partial charge in [-0.15, -0.1) is 0 Å². The number of para-hydroxylation sites is 1. The smallest absolute Gasteiger partial charge is 0.253 e. The van der Waals surface area contributed by atoms with E-state index in [0.29, 0.717) is 30.0 Å². The minimum Gasteiger partial charge on any atom is -0.488 e. The van der Waals surface area contributed by atoms with Crippen LogP contribution in [0.3, 0.4) is 0 Å². The molecule has 1 fully saturated rings. The van der Waals surface area contributed by atoms with Gasteiger partial charge in [0.15, 0.2) is 0 Å². The molecule has 7 heteroatoms. The fraction of sp³-hybridized carbons (Fsp3) is 0.429. The molecule has 1 heterocycles. The molecule has 150 valence electrons. The SMILES string of the molecule is Cc1ncccc1C(=O)N[C@@H]1C[C@@H](Oc2ccccc2)[C@H](O)[C@H]1N(C)CCO. The van der Waals surface area contributed by atoms with Crippen LogP contribution in [0.2, 0.25) is 0 Å². The van der Waals surface area contributed by atoms with E-state index in [1.807, 2.05) is 42.3 Å². The highest BCUT2D eigenvalue weighted by atomic mass is 16.5. The second kappa shape index (κ2) is 9.14. The van der Waals surface area contributed by atoms with Crippen LogP contribution in [0.5, 0.6) is 5.75 Å². The lowest BCUT2D eigenvalue weighted by atomic mass is 10.1. The van der Waals surface area contributed by atoms with Gasteiger partial charge in [-0.3, -0.25) is 14.7 Å². The van der Waals surface area contributed by atoms with Gasteiger partial charge >= 0.3 is 0 Å². The number of aliphatic hydroxyl groups is 2. The number of pyridine rings is 1. The number of aromatic nitrogens is 1. The van der Waals surface area contributed by atoms with Gasteiger partial charge in [-0.05, 0) is 38.2 Å². The fourth-order valence-corrected chi connectivity index (χ4v) is 3.77. The van der Waals surface area contributed by atoms with Crippen molar-refractivity contribution >= 4 is 5.91 Å². The molecule has 0 unspecified atom stereocenters. The predicted octanol–water partition coefficient (Wildman–Crippen LogP) is 0.993. The molecule has 1 saturated carbocycles. The average Bonchev–Trinajstić information content (AvgIpc) is 2.98. The molecule has 3 rings (SSSR count). The van der Waals surface area contributed by atoms with E-state index >= 15 is 0 Å². The third-order valence-corrected chi connectivity index (χ3v) is 5.19. The molecule has 2 aromatic rings. The van der Waals surface area contributed by atoms with E-state index in [4.69, 9.17) is 4.74 Å². The number of amides is 1. The highest BCUT2D eigenvalue weighted by molar-refractivity contribution is 5.95. The minimum atomic E-state index is -0.808. The number of aliphatic hydroxyl groups excluding tert-OH is 2. The molecule has 1 aromatic carbocycles. The molecule has 0 spiro atoms. The predicted molar refractivity (Wildman–Crippen MR) is 105 cm³/mol. The molecule has 3 N–H and O–H groups in total. The minimum absolute atomic E-state index is 0.0354.